The highest BCUT2D eigenvalue weighted by Gasteiger charge is 2.27. The first-order valence-electron chi connectivity index (χ1n) is 20.4. The van der Waals surface area contributed by atoms with Gasteiger partial charge in [0.15, 0.2) is 6.10 Å². The van der Waals surface area contributed by atoms with Crippen molar-refractivity contribution in [1.29, 1.82) is 0 Å². The number of phosphoric acid groups is 1. The number of hydrogen-bond donors (Lipinski definition) is 1. The molecule has 0 amide bonds. The number of ether oxygens (including phenoxy) is 2. The van der Waals surface area contributed by atoms with E-state index in [4.69, 9.17) is 18.5 Å². The molecule has 0 aromatic rings. The molecule has 0 heterocycles. The van der Waals surface area contributed by atoms with Crippen molar-refractivity contribution in [3.05, 3.63) is 12.2 Å². The number of hydrogen-bond acceptors (Lipinski definition) is 7. The average Bonchev–Trinajstić information content (AvgIpc) is 3.06. The molecule has 2 atom stereocenters. The van der Waals surface area contributed by atoms with E-state index >= 15 is 0 Å². The number of phosphoric ester groups is 1. The Morgan fingerprint density at radius 2 is 1.02 bits per heavy atom. The minimum Gasteiger partial charge on any atom is -0.462 e. The fraction of sp³-hybridized carbons (Fsp3) is 0.900. The third-order valence-corrected chi connectivity index (χ3v) is 9.78. The van der Waals surface area contributed by atoms with E-state index in [0.29, 0.717) is 23.9 Å². The largest absolute Gasteiger partial charge is 0.472 e. The first-order chi connectivity index (χ1) is 24.0. The van der Waals surface area contributed by atoms with Crippen LogP contribution in [-0.4, -0.2) is 74.9 Å². The van der Waals surface area contributed by atoms with Gasteiger partial charge in [0.1, 0.15) is 19.8 Å². The highest BCUT2D eigenvalue weighted by molar-refractivity contribution is 7.47. The molecule has 50 heavy (non-hydrogen) atoms. The van der Waals surface area contributed by atoms with Gasteiger partial charge in [-0.1, -0.05) is 142 Å². The number of carbonyl (C=O) groups is 2. The van der Waals surface area contributed by atoms with Crippen LogP contribution in [0.4, 0.5) is 0 Å². The minimum absolute atomic E-state index is 0.0329. The molecule has 296 valence electrons. The monoisotopic (exact) mass is 733 g/mol. The lowest BCUT2D eigenvalue weighted by molar-refractivity contribution is -0.870. The predicted molar refractivity (Wildman–Crippen MR) is 206 cm³/mol. The van der Waals surface area contributed by atoms with Gasteiger partial charge in [0, 0.05) is 12.8 Å². The molecule has 0 bridgehead atoms. The van der Waals surface area contributed by atoms with Crippen LogP contribution in [0.3, 0.4) is 0 Å². The van der Waals surface area contributed by atoms with E-state index in [2.05, 4.69) is 26.0 Å². The van der Waals surface area contributed by atoms with Gasteiger partial charge in [0.2, 0.25) is 0 Å². The predicted octanol–water partition coefficient (Wildman–Crippen LogP) is 11.0. The molecule has 0 rings (SSSR count). The number of likely N-dealkylation sites (N-methyl/N-ethyl adjacent to an activating group) is 1. The number of allylic oxidation sites excluding steroid dienone is 2. The van der Waals surface area contributed by atoms with Crippen molar-refractivity contribution in [2.75, 3.05) is 47.5 Å². The van der Waals surface area contributed by atoms with Gasteiger partial charge in [0.05, 0.1) is 27.7 Å². The van der Waals surface area contributed by atoms with E-state index in [1.165, 1.54) is 96.3 Å². The molecule has 0 aromatic heterocycles. The van der Waals surface area contributed by atoms with Crippen molar-refractivity contribution in [2.24, 2.45) is 0 Å². The highest BCUT2D eigenvalue weighted by atomic mass is 31.2. The summed E-state index contributed by atoms with van der Waals surface area (Å²) in [6, 6.07) is 0. The second kappa shape index (κ2) is 33.6. The molecule has 0 radical (unpaired) electrons. The van der Waals surface area contributed by atoms with Gasteiger partial charge in [0.25, 0.3) is 0 Å². The zero-order valence-electron chi connectivity index (χ0n) is 33.1. The van der Waals surface area contributed by atoms with Gasteiger partial charge in [-0.2, -0.15) is 0 Å². The summed E-state index contributed by atoms with van der Waals surface area (Å²) in [7, 11) is 1.48. The number of unbranched alkanes of at least 4 members (excludes halogenated alkanes) is 21. The number of rotatable bonds is 37. The number of carbonyl (C=O) groups excluding carboxylic acids is 2. The second-order valence-electron chi connectivity index (χ2n) is 15.0. The van der Waals surface area contributed by atoms with Crippen molar-refractivity contribution in [2.45, 2.75) is 187 Å². The molecule has 10 heteroatoms. The Morgan fingerprint density at radius 1 is 0.600 bits per heavy atom. The van der Waals surface area contributed by atoms with Gasteiger partial charge in [-0.25, -0.2) is 4.57 Å². The van der Waals surface area contributed by atoms with Crippen LogP contribution in [-0.2, 0) is 32.7 Å². The van der Waals surface area contributed by atoms with Gasteiger partial charge in [-0.3, -0.25) is 18.6 Å². The molecule has 0 aliphatic rings. The molecule has 0 spiro atoms. The number of nitrogens with zero attached hydrogens (tertiary/aromatic N) is 1. The topological polar surface area (TPSA) is 108 Å². The SMILES string of the molecule is CCCCCCC=CCCCCCCCC(=O)OC(COC(=O)CCCCCCCCCCCCCCC)COP(=O)(O)OCC[N+](C)(C)C. The smallest absolute Gasteiger partial charge is 0.462 e. The standard InChI is InChI=1S/C40H78NO8P/c1-6-8-10-12-14-16-18-20-22-24-26-28-30-32-39(42)46-36-38(37-48-50(44,45)47-35-34-41(3,4)5)49-40(43)33-31-29-27-25-23-21-19-17-15-13-11-9-7-2/h17,19,38H,6-16,18,20-37H2,1-5H3/p+1. The van der Waals surface area contributed by atoms with Crippen LogP contribution in [0.2, 0.25) is 0 Å². The summed E-state index contributed by atoms with van der Waals surface area (Å²) in [5.41, 5.74) is 0. The molecule has 2 unspecified atom stereocenters. The highest BCUT2D eigenvalue weighted by Crippen LogP contribution is 2.43. The Labute approximate surface area is 307 Å². The third kappa shape index (κ3) is 36.5. The lowest BCUT2D eigenvalue weighted by atomic mass is 10.0. The maximum Gasteiger partial charge on any atom is 0.472 e. The first kappa shape index (κ1) is 48.8. The molecule has 1 N–H and O–H groups in total. The van der Waals surface area contributed by atoms with Crippen LogP contribution in [0.1, 0.15) is 181 Å². The Kier molecular flexibility index (Phi) is 32.7. The molecular weight excluding hydrogens is 653 g/mol. The lowest BCUT2D eigenvalue weighted by Crippen LogP contribution is -2.37. The van der Waals surface area contributed by atoms with Crippen molar-refractivity contribution in [3.8, 4) is 0 Å². The molecule has 0 aromatic carbocycles. The Bertz CT molecular complexity index is 876. The zero-order chi connectivity index (χ0) is 37.2. The number of quaternary nitrogens is 1. The van der Waals surface area contributed by atoms with Crippen LogP contribution in [0, 0.1) is 0 Å². The van der Waals surface area contributed by atoms with E-state index in [-0.39, 0.29) is 25.6 Å². The summed E-state index contributed by atoms with van der Waals surface area (Å²) in [4.78, 5) is 35.2. The summed E-state index contributed by atoms with van der Waals surface area (Å²) < 4.78 is 34.2. The fourth-order valence-corrected chi connectivity index (χ4v) is 6.28. The van der Waals surface area contributed by atoms with Crippen molar-refractivity contribution < 1.29 is 42.1 Å². The zero-order valence-corrected chi connectivity index (χ0v) is 34.0. The minimum atomic E-state index is -4.36. The summed E-state index contributed by atoms with van der Waals surface area (Å²) in [6.07, 6.45) is 32.5. The quantitative estimate of drug-likeness (QED) is 0.0221. The normalized spacial score (nSPS) is 13.8. The van der Waals surface area contributed by atoms with Gasteiger partial charge in [-0.05, 0) is 38.5 Å². The third-order valence-electron chi connectivity index (χ3n) is 8.80. The Hall–Kier alpha value is -1.25. The van der Waals surface area contributed by atoms with Crippen molar-refractivity contribution >= 4 is 19.8 Å². The molecule has 0 fully saturated rings. The van der Waals surface area contributed by atoms with Crippen LogP contribution in [0.25, 0.3) is 0 Å². The number of esters is 2. The van der Waals surface area contributed by atoms with Crippen molar-refractivity contribution in [3.63, 3.8) is 0 Å². The Balaban J connectivity index is 4.40. The summed E-state index contributed by atoms with van der Waals surface area (Å²) in [5.74, 6) is -0.803. The molecule has 0 saturated heterocycles. The van der Waals surface area contributed by atoms with Crippen LogP contribution >= 0.6 is 7.82 Å². The van der Waals surface area contributed by atoms with Gasteiger partial charge >= 0.3 is 19.8 Å². The maximum absolute atomic E-state index is 12.6. The maximum atomic E-state index is 12.6. The molecule has 9 nitrogen and oxygen atoms in total. The van der Waals surface area contributed by atoms with Crippen LogP contribution in [0.5, 0.6) is 0 Å². The first-order valence-corrected chi connectivity index (χ1v) is 21.9. The van der Waals surface area contributed by atoms with Crippen LogP contribution in [0.15, 0.2) is 12.2 Å². The Morgan fingerprint density at radius 3 is 1.50 bits per heavy atom. The van der Waals surface area contributed by atoms with E-state index in [1.807, 2.05) is 21.1 Å². The molecule has 0 aliphatic heterocycles. The van der Waals surface area contributed by atoms with Gasteiger partial charge in [-0.15, -0.1) is 0 Å². The molecule has 0 aliphatic carbocycles. The van der Waals surface area contributed by atoms with E-state index in [0.717, 1.165) is 51.4 Å². The van der Waals surface area contributed by atoms with E-state index in [1.54, 1.807) is 0 Å². The lowest BCUT2D eigenvalue weighted by Gasteiger charge is -2.24. The van der Waals surface area contributed by atoms with E-state index in [9.17, 15) is 19.0 Å². The van der Waals surface area contributed by atoms with Crippen molar-refractivity contribution in [1.82, 2.24) is 0 Å². The van der Waals surface area contributed by atoms with Crippen LogP contribution < -0.4 is 0 Å². The summed E-state index contributed by atoms with van der Waals surface area (Å²) in [6.45, 7) is 4.40. The van der Waals surface area contributed by atoms with Gasteiger partial charge < -0.3 is 18.9 Å². The summed E-state index contributed by atoms with van der Waals surface area (Å²) in [5, 5.41) is 0. The molecular formula is C40H79NO8P+. The van der Waals surface area contributed by atoms with E-state index < -0.39 is 26.5 Å². The fourth-order valence-electron chi connectivity index (χ4n) is 5.54. The molecule has 0 saturated carbocycles. The average molecular weight is 733 g/mol. The summed E-state index contributed by atoms with van der Waals surface area (Å²) >= 11 is 0. The second-order valence-corrected chi connectivity index (χ2v) is 16.5.